The van der Waals surface area contributed by atoms with E-state index in [1.54, 1.807) is 30.3 Å². The number of hydrogen-bond donors (Lipinski definition) is 2. The second kappa shape index (κ2) is 7.37. The van der Waals surface area contributed by atoms with E-state index in [9.17, 15) is 9.59 Å². The number of imidazole rings is 1. The van der Waals surface area contributed by atoms with Crippen LogP contribution in [0.25, 0.3) is 11.0 Å². The Bertz CT molecular complexity index is 946. The van der Waals surface area contributed by atoms with E-state index in [1.165, 1.54) is 17.4 Å². The standard InChI is InChI=1S/C16H13ClN4O3S/c17-15-12(21-7-8-25-16(21)20-15)5-6-14(23)19-10-1-3-11(4-2-10)24-9-13(18)22/h1-8H,9H2,(H2,18,22)(H,19,23)/b6-5+. The highest BCUT2D eigenvalue weighted by Gasteiger charge is 2.09. The van der Waals surface area contributed by atoms with Crippen LogP contribution in [0.2, 0.25) is 5.15 Å². The SMILES string of the molecule is NC(=O)COc1ccc(NC(=O)/C=C/c2c(Cl)nc3sccn23)cc1. The maximum atomic E-state index is 12.0. The smallest absolute Gasteiger partial charge is 0.255 e. The zero-order valence-corrected chi connectivity index (χ0v) is 14.4. The van der Waals surface area contributed by atoms with Gasteiger partial charge in [0.25, 0.3) is 5.91 Å². The van der Waals surface area contributed by atoms with Gasteiger partial charge >= 0.3 is 0 Å². The van der Waals surface area contributed by atoms with E-state index in [1.807, 2.05) is 16.0 Å². The third kappa shape index (κ3) is 4.17. The molecule has 0 aliphatic heterocycles. The number of anilines is 1. The topological polar surface area (TPSA) is 98.7 Å². The molecule has 0 aliphatic rings. The Balaban J connectivity index is 1.63. The molecular formula is C16H13ClN4O3S. The maximum absolute atomic E-state index is 12.0. The number of halogens is 1. The van der Waals surface area contributed by atoms with Crippen molar-refractivity contribution in [3.8, 4) is 5.75 Å². The van der Waals surface area contributed by atoms with Crippen LogP contribution >= 0.6 is 22.9 Å². The largest absolute Gasteiger partial charge is 0.484 e. The molecule has 0 atom stereocenters. The summed E-state index contributed by atoms with van der Waals surface area (Å²) in [5.74, 6) is -0.383. The fourth-order valence-electron chi connectivity index (χ4n) is 2.05. The van der Waals surface area contributed by atoms with Crippen LogP contribution < -0.4 is 15.8 Å². The number of nitrogens with two attached hydrogens (primary N) is 1. The van der Waals surface area contributed by atoms with Crippen molar-refractivity contribution >= 4 is 51.5 Å². The fraction of sp³-hybridized carbons (Fsp3) is 0.0625. The number of amides is 2. The average molecular weight is 377 g/mol. The van der Waals surface area contributed by atoms with Crippen LogP contribution in [0.3, 0.4) is 0 Å². The molecule has 3 aromatic rings. The van der Waals surface area contributed by atoms with Crippen molar-refractivity contribution in [1.29, 1.82) is 0 Å². The Labute approximate surface area is 151 Å². The Morgan fingerprint density at radius 1 is 1.36 bits per heavy atom. The summed E-state index contributed by atoms with van der Waals surface area (Å²) in [4.78, 5) is 27.6. The van der Waals surface area contributed by atoms with Crippen molar-refractivity contribution in [3.63, 3.8) is 0 Å². The molecule has 0 spiro atoms. The van der Waals surface area contributed by atoms with Crippen LogP contribution in [-0.4, -0.2) is 27.8 Å². The van der Waals surface area contributed by atoms with Gasteiger partial charge in [0.15, 0.2) is 16.7 Å². The number of rotatable bonds is 6. The molecule has 2 amide bonds. The molecule has 3 N–H and O–H groups in total. The molecule has 0 fully saturated rings. The quantitative estimate of drug-likeness (QED) is 0.646. The second-order valence-corrected chi connectivity index (χ2v) is 6.18. The molecule has 0 unspecified atom stereocenters. The Morgan fingerprint density at radius 2 is 2.12 bits per heavy atom. The van der Waals surface area contributed by atoms with E-state index in [0.29, 0.717) is 22.3 Å². The van der Waals surface area contributed by atoms with Gasteiger partial charge in [-0.05, 0) is 30.3 Å². The van der Waals surface area contributed by atoms with E-state index in [4.69, 9.17) is 22.1 Å². The molecule has 0 saturated heterocycles. The lowest BCUT2D eigenvalue weighted by Gasteiger charge is -2.05. The van der Waals surface area contributed by atoms with Gasteiger partial charge in [0.1, 0.15) is 5.75 Å². The third-order valence-electron chi connectivity index (χ3n) is 3.15. The lowest BCUT2D eigenvalue weighted by atomic mass is 10.3. The van der Waals surface area contributed by atoms with Crippen molar-refractivity contribution in [2.75, 3.05) is 11.9 Å². The Morgan fingerprint density at radius 3 is 2.84 bits per heavy atom. The molecule has 2 aromatic heterocycles. The molecule has 3 rings (SSSR count). The Kier molecular flexibility index (Phi) is 5.01. The molecule has 0 aliphatic carbocycles. The number of primary amides is 1. The zero-order chi connectivity index (χ0) is 17.8. The summed E-state index contributed by atoms with van der Waals surface area (Å²) in [6, 6.07) is 6.58. The van der Waals surface area contributed by atoms with Gasteiger partial charge in [0.05, 0.1) is 5.69 Å². The predicted octanol–water partition coefficient (Wildman–Crippen LogP) is 2.57. The number of nitrogens with one attached hydrogen (secondary N) is 1. The lowest BCUT2D eigenvalue weighted by Crippen LogP contribution is -2.20. The molecule has 25 heavy (non-hydrogen) atoms. The first-order valence-corrected chi connectivity index (χ1v) is 8.40. The second-order valence-electron chi connectivity index (χ2n) is 4.95. The Hall–Kier alpha value is -2.84. The van der Waals surface area contributed by atoms with E-state index >= 15 is 0 Å². The predicted molar refractivity (Wildman–Crippen MR) is 96.9 cm³/mol. The van der Waals surface area contributed by atoms with Crippen LogP contribution in [0.5, 0.6) is 5.75 Å². The molecule has 128 valence electrons. The van der Waals surface area contributed by atoms with E-state index < -0.39 is 5.91 Å². The number of carbonyl (C=O) groups excluding carboxylic acids is 2. The third-order valence-corrected chi connectivity index (χ3v) is 4.18. The minimum Gasteiger partial charge on any atom is -0.484 e. The van der Waals surface area contributed by atoms with Crippen LogP contribution in [0.1, 0.15) is 5.69 Å². The van der Waals surface area contributed by atoms with Gasteiger partial charge in [-0.1, -0.05) is 11.6 Å². The van der Waals surface area contributed by atoms with Gasteiger partial charge in [-0.15, -0.1) is 11.3 Å². The highest BCUT2D eigenvalue weighted by molar-refractivity contribution is 7.15. The number of thiazole rings is 1. The van der Waals surface area contributed by atoms with Gasteiger partial charge in [-0.2, -0.15) is 0 Å². The summed E-state index contributed by atoms with van der Waals surface area (Å²) in [6.45, 7) is -0.197. The number of benzene rings is 1. The number of nitrogens with zero attached hydrogens (tertiary/aromatic N) is 2. The average Bonchev–Trinajstić information content (AvgIpc) is 3.13. The van der Waals surface area contributed by atoms with Crippen molar-refractivity contribution in [3.05, 3.63) is 52.8 Å². The first-order valence-electron chi connectivity index (χ1n) is 7.14. The first-order chi connectivity index (χ1) is 12.0. The highest BCUT2D eigenvalue weighted by Crippen LogP contribution is 2.22. The number of carbonyl (C=O) groups is 2. The van der Waals surface area contributed by atoms with Crippen LogP contribution in [-0.2, 0) is 9.59 Å². The van der Waals surface area contributed by atoms with Crippen molar-refractivity contribution < 1.29 is 14.3 Å². The molecule has 2 heterocycles. The summed E-state index contributed by atoms with van der Waals surface area (Å²) >= 11 is 7.53. The van der Waals surface area contributed by atoms with Crippen LogP contribution in [0.4, 0.5) is 5.69 Å². The van der Waals surface area contributed by atoms with Gasteiger partial charge < -0.3 is 15.8 Å². The number of fused-ring (bicyclic) bond motifs is 1. The van der Waals surface area contributed by atoms with Gasteiger partial charge in [-0.3, -0.25) is 14.0 Å². The monoisotopic (exact) mass is 376 g/mol. The maximum Gasteiger partial charge on any atom is 0.255 e. The van der Waals surface area contributed by atoms with Crippen molar-refractivity contribution in [2.24, 2.45) is 5.73 Å². The molecule has 0 bridgehead atoms. The molecule has 7 nitrogen and oxygen atoms in total. The van der Waals surface area contributed by atoms with Gasteiger partial charge in [-0.25, -0.2) is 4.98 Å². The molecule has 0 saturated carbocycles. The first kappa shape index (κ1) is 17.0. The number of aromatic nitrogens is 2. The van der Waals surface area contributed by atoms with Gasteiger partial charge in [0, 0.05) is 23.3 Å². The van der Waals surface area contributed by atoms with Crippen molar-refractivity contribution in [1.82, 2.24) is 9.38 Å². The van der Waals surface area contributed by atoms with E-state index in [0.717, 1.165) is 4.96 Å². The number of ether oxygens (including phenoxy) is 1. The minimum atomic E-state index is -0.555. The zero-order valence-electron chi connectivity index (χ0n) is 12.8. The van der Waals surface area contributed by atoms with E-state index in [-0.39, 0.29) is 12.5 Å². The highest BCUT2D eigenvalue weighted by atomic mass is 35.5. The summed E-state index contributed by atoms with van der Waals surface area (Å²) in [7, 11) is 0. The van der Waals surface area contributed by atoms with Crippen molar-refractivity contribution in [2.45, 2.75) is 0 Å². The summed E-state index contributed by atoms with van der Waals surface area (Å²) in [5, 5.41) is 4.94. The number of hydrogen-bond acceptors (Lipinski definition) is 5. The minimum absolute atomic E-state index is 0.197. The lowest BCUT2D eigenvalue weighted by molar-refractivity contribution is -0.120. The fourth-order valence-corrected chi connectivity index (χ4v) is 3.06. The van der Waals surface area contributed by atoms with Gasteiger partial charge in [0.2, 0.25) is 5.91 Å². The summed E-state index contributed by atoms with van der Waals surface area (Å²) in [5.41, 5.74) is 6.23. The van der Waals surface area contributed by atoms with Crippen LogP contribution in [0.15, 0.2) is 41.9 Å². The summed E-state index contributed by atoms with van der Waals surface area (Å²) < 4.78 is 6.95. The molecule has 9 heteroatoms. The molecular weight excluding hydrogens is 364 g/mol. The van der Waals surface area contributed by atoms with Crippen LogP contribution in [0, 0.1) is 0 Å². The molecule has 0 radical (unpaired) electrons. The van der Waals surface area contributed by atoms with E-state index in [2.05, 4.69) is 10.3 Å². The molecule has 1 aromatic carbocycles. The normalized spacial score (nSPS) is 11.1. The summed E-state index contributed by atoms with van der Waals surface area (Å²) in [6.07, 6.45) is 4.82.